The third-order valence-electron chi connectivity index (χ3n) is 3.61. The number of hydrogen-bond acceptors (Lipinski definition) is 4. The zero-order valence-corrected chi connectivity index (χ0v) is 13.9. The van der Waals surface area contributed by atoms with Crippen LogP contribution in [0, 0.1) is 5.82 Å². The number of methoxy groups -OCH3 is 2. The molecule has 0 fully saturated rings. The van der Waals surface area contributed by atoms with Gasteiger partial charge in [0.05, 0.1) is 26.8 Å². The third kappa shape index (κ3) is 4.59. The number of rotatable bonds is 8. The zero-order valence-electron chi connectivity index (χ0n) is 13.9. The number of amides is 1. The number of halogens is 1. The molecule has 0 saturated carbocycles. The maximum absolute atomic E-state index is 14.2. The van der Waals surface area contributed by atoms with Crippen molar-refractivity contribution < 1.29 is 18.7 Å². The van der Waals surface area contributed by atoms with Crippen molar-refractivity contribution >= 4 is 5.91 Å². The summed E-state index contributed by atoms with van der Waals surface area (Å²) in [6.45, 7) is 7.62. The van der Waals surface area contributed by atoms with Crippen LogP contribution in [0.3, 0.4) is 0 Å². The first-order chi connectivity index (χ1) is 10.5. The van der Waals surface area contributed by atoms with Crippen molar-refractivity contribution in [1.29, 1.82) is 0 Å². The number of hydrogen-bond donors (Lipinski definition) is 1. The number of ether oxygens (including phenoxy) is 2. The van der Waals surface area contributed by atoms with Crippen LogP contribution >= 0.6 is 0 Å². The topological polar surface area (TPSA) is 50.8 Å². The summed E-state index contributed by atoms with van der Waals surface area (Å²) < 4.78 is 24.4. The van der Waals surface area contributed by atoms with Crippen molar-refractivity contribution in [3.8, 4) is 11.5 Å². The van der Waals surface area contributed by atoms with Crippen LogP contribution in [-0.4, -0.2) is 44.7 Å². The van der Waals surface area contributed by atoms with Crippen LogP contribution < -0.4 is 14.8 Å². The molecule has 1 aromatic carbocycles. The van der Waals surface area contributed by atoms with Crippen molar-refractivity contribution in [2.75, 3.05) is 33.9 Å². The van der Waals surface area contributed by atoms with Crippen molar-refractivity contribution in [3.05, 3.63) is 23.5 Å². The van der Waals surface area contributed by atoms with Gasteiger partial charge in [-0.2, -0.15) is 0 Å². The second-order valence-electron chi connectivity index (χ2n) is 4.98. The van der Waals surface area contributed by atoms with E-state index in [1.165, 1.54) is 20.3 Å². The SMILES string of the molecule is CCN(CC)CC(=O)N[C@H](C)c1cc(OC)c(OC)cc1F. The average Bonchev–Trinajstić information content (AvgIpc) is 2.51. The summed E-state index contributed by atoms with van der Waals surface area (Å²) in [7, 11) is 2.94. The first-order valence-electron chi connectivity index (χ1n) is 7.39. The van der Waals surface area contributed by atoms with E-state index in [4.69, 9.17) is 9.47 Å². The Morgan fingerprint density at radius 3 is 2.27 bits per heavy atom. The highest BCUT2D eigenvalue weighted by molar-refractivity contribution is 5.78. The Balaban J connectivity index is 2.85. The minimum absolute atomic E-state index is 0.134. The van der Waals surface area contributed by atoms with Gasteiger partial charge >= 0.3 is 0 Å². The van der Waals surface area contributed by atoms with Gasteiger partial charge in [-0.15, -0.1) is 0 Å². The normalized spacial score (nSPS) is 12.1. The zero-order chi connectivity index (χ0) is 16.7. The highest BCUT2D eigenvalue weighted by atomic mass is 19.1. The van der Waals surface area contributed by atoms with Gasteiger partial charge in [-0.25, -0.2) is 4.39 Å². The van der Waals surface area contributed by atoms with Crippen molar-refractivity contribution in [2.24, 2.45) is 0 Å². The molecule has 0 saturated heterocycles. The Kier molecular flexibility index (Phi) is 7.11. The summed E-state index contributed by atoms with van der Waals surface area (Å²) in [5, 5.41) is 2.81. The molecule has 1 atom stereocenters. The smallest absolute Gasteiger partial charge is 0.234 e. The standard InChI is InChI=1S/C16H25FN2O3/c1-6-19(7-2)10-16(20)18-11(3)12-8-14(21-4)15(22-5)9-13(12)17/h8-9,11H,6-7,10H2,1-5H3,(H,18,20)/t11-/m1/s1. The van der Waals surface area contributed by atoms with E-state index in [1.807, 2.05) is 18.7 Å². The van der Waals surface area contributed by atoms with Crippen LogP contribution in [0.1, 0.15) is 32.4 Å². The van der Waals surface area contributed by atoms with E-state index >= 15 is 0 Å². The fraction of sp³-hybridized carbons (Fsp3) is 0.562. The highest BCUT2D eigenvalue weighted by Gasteiger charge is 2.18. The van der Waals surface area contributed by atoms with Crippen molar-refractivity contribution in [1.82, 2.24) is 10.2 Å². The predicted molar refractivity (Wildman–Crippen MR) is 83.8 cm³/mol. The number of benzene rings is 1. The quantitative estimate of drug-likeness (QED) is 0.800. The molecule has 22 heavy (non-hydrogen) atoms. The molecule has 0 bridgehead atoms. The molecule has 124 valence electrons. The largest absolute Gasteiger partial charge is 0.493 e. The second-order valence-corrected chi connectivity index (χ2v) is 4.98. The number of nitrogens with one attached hydrogen (secondary N) is 1. The van der Waals surface area contributed by atoms with Crippen LogP contribution in [-0.2, 0) is 4.79 Å². The highest BCUT2D eigenvalue weighted by Crippen LogP contribution is 2.32. The van der Waals surface area contributed by atoms with Crippen LogP contribution in [0.15, 0.2) is 12.1 Å². The molecule has 0 radical (unpaired) electrons. The molecule has 1 N–H and O–H groups in total. The van der Waals surface area contributed by atoms with Crippen LogP contribution in [0.4, 0.5) is 4.39 Å². The molecule has 1 rings (SSSR count). The van der Waals surface area contributed by atoms with Gasteiger partial charge in [0.2, 0.25) is 5.91 Å². The van der Waals surface area contributed by atoms with Gasteiger partial charge in [0, 0.05) is 11.6 Å². The summed E-state index contributed by atoms with van der Waals surface area (Å²) in [5.41, 5.74) is 0.366. The Labute approximate surface area is 131 Å². The molecular weight excluding hydrogens is 287 g/mol. The molecule has 1 aromatic rings. The van der Waals surface area contributed by atoms with E-state index in [0.29, 0.717) is 23.6 Å². The molecule has 5 nitrogen and oxygen atoms in total. The molecular formula is C16H25FN2O3. The number of carbonyl (C=O) groups is 1. The Hall–Kier alpha value is -1.82. The van der Waals surface area contributed by atoms with Gasteiger partial charge in [0.1, 0.15) is 5.82 Å². The first-order valence-corrected chi connectivity index (χ1v) is 7.39. The molecule has 0 aliphatic heterocycles. The van der Waals surface area contributed by atoms with Gasteiger partial charge in [0.15, 0.2) is 11.5 Å². The van der Waals surface area contributed by atoms with Crippen LogP contribution in [0.5, 0.6) is 11.5 Å². The fourth-order valence-corrected chi connectivity index (χ4v) is 2.22. The monoisotopic (exact) mass is 312 g/mol. The third-order valence-corrected chi connectivity index (χ3v) is 3.61. The minimum atomic E-state index is -0.456. The predicted octanol–water partition coefficient (Wildman–Crippen LogP) is 2.36. The summed E-state index contributed by atoms with van der Waals surface area (Å²) in [4.78, 5) is 14.0. The Morgan fingerprint density at radius 2 is 1.77 bits per heavy atom. The van der Waals surface area contributed by atoms with Gasteiger partial charge in [0.25, 0.3) is 0 Å². The Bertz CT molecular complexity index is 504. The molecule has 0 aliphatic rings. The number of nitrogens with zero attached hydrogens (tertiary/aromatic N) is 1. The lowest BCUT2D eigenvalue weighted by molar-refractivity contribution is -0.122. The van der Waals surface area contributed by atoms with E-state index in [1.54, 1.807) is 13.0 Å². The molecule has 0 aromatic heterocycles. The van der Waals surface area contributed by atoms with Gasteiger partial charge in [-0.1, -0.05) is 13.8 Å². The molecule has 0 spiro atoms. The van der Waals surface area contributed by atoms with E-state index in [2.05, 4.69) is 5.32 Å². The molecule has 0 heterocycles. The summed E-state index contributed by atoms with van der Waals surface area (Å²) in [5.74, 6) is 0.188. The number of likely N-dealkylation sites (N-methyl/N-ethyl adjacent to an activating group) is 1. The minimum Gasteiger partial charge on any atom is -0.493 e. The second kappa shape index (κ2) is 8.58. The summed E-state index contributed by atoms with van der Waals surface area (Å²) >= 11 is 0. The molecule has 1 amide bonds. The lowest BCUT2D eigenvalue weighted by Crippen LogP contribution is -2.38. The van der Waals surface area contributed by atoms with Crippen molar-refractivity contribution in [3.63, 3.8) is 0 Å². The molecule has 0 aliphatic carbocycles. The van der Waals surface area contributed by atoms with E-state index < -0.39 is 11.9 Å². The van der Waals surface area contributed by atoms with Gasteiger partial charge in [-0.05, 0) is 26.1 Å². The van der Waals surface area contributed by atoms with Crippen LogP contribution in [0.2, 0.25) is 0 Å². The maximum atomic E-state index is 14.2. The van der Waals surface area contributed by atoms with E-state index in [-0.39, 0.29) is 5.91 Å². The molecule has 0 unspecified atom stereocenters. The first kappa shape index (κ1) is 18.2. The van der Waals surface area contributed by atoms with Gasteiger partial charge in [-0.3, -0.25) is 9.69 Å². The van der Waals surface area contributed by atoms with Gasteiger partial charge < -0.3 is 14.8 Å². The lowest BCUT2D eigenvalue weighted by atomic mass is 10.1. The average molecular weight is 312 g/mol. The summed E-state index contributed by atoms with van der Waals surface area (Å²) in [6.07, 6.45) is 0. The maximum Gasteiger partial charge on any atom is 0.234 e. The van der Waals surface area contributed by atoms with Crippen LogP contribution in [0.25, 0.3) is 0 Å². The van der Waals surface area contributed by atoms with Crippen molar-refractivity contribution in [2.45, 2.75) is 26.8 Å². The number of carbonyl (C=O) groups excluding carboxylic acids is 1. The fourth-order valence-electron chi connectivity index (χ4n) is 2.22. The lowest BCUT2D eigenvalue weighted by Gasteiger charge is -2.21. The van der Waals surface area contributed by atoms with E-state index in [0.717, 1.165) is 13.1 Å². The Morgan fingerprint density at radius 1 is 1.23 bits per heavy atom. The molecule has 6 heteroatoms. The van der Waals surface area contributed by atoms with E-state index in [9.17, 15) is 9.18 Å². The summed E-state index contributed by atoms with van der Waals surface area (Å²) in [6, 6.07) is 2.36.